The standard InChI is InChI=1S/C18H22N4O2S/c1-9-14(25-10(2)19-9)15-21-22-17(24-15)20-16(23)18-6-11-3-12(7-18)5-13(4-11)8-18/h11-13H,3-8H2,1-2H3,(H,20,22,23). The minimum Gasteiger partial charge on any atom is -0.402 e. The molecule has 0 saturated heterocycles. The highest BCUT2D eigenvalue weighted by atomic mass is 32.1. The molecule has 0 spiro atoms. The van der Waals surface area contributed by atoms with Crippen LogP contribution in [0.5, 0.6) is 0 Å². The number of nitrogens with zero attached hydrogens (tertiary/aromatic N) is 3. The number of thiazole rings is 1. The highest BCUT2D eigenvalue weighted by Crippen LogP contribution is 2.60. The summed E-state index contributed by atoms with van der Waals surface area (Å²) in [6, 6.07) is 0.209. The largest absolute Gasteiger partial charge is 0.402 e. The van der Waals surface area contributed by atoms with Crippen LogP contribution in [-0.4, -0.2) is 21.1 Å². The Morgan fingerprint density at radius 3 is 2.32 bits per heavy atom. The summed E-state index contributed by atoms with van der Waals surface area (Å²) < 4.78 is 5.71. The Kier molecular flexibility index (Phi) is 3.33. The number of aryl methyl sites for hydroxylation is 2. The first-order chi connectivity index (χ1) is 12.0. The van der Waals surface area contributed by atoms with Crippen molar-refractivity contribution in [2.45, 2.75) is 52.4 Å². The fraction of sp³-hybridized carbons (Fsp3) is 0.667. The normalized spacial score (nSPS) is 33.0. The van der Waals surface area contributed by atoms with Crippen LogP contribution in [0.2, 0.25) is 0 Å². The Morgan fingerprint density at radius 2 is 1.76 bits per heavy atom. The van der Waals surface area contributed by atoms with E-state index in [9.17, 15) is 4.79 Å². The van der Waals surface area contributed by atoms with Crippen LogP contribution >= 0.6 is 11.3 Å². The van der Waals surface area contributed by atoms with Gasteiger partial charge in [-0.15, -0.1) is 16.4 Å². The first-order valence-electron chi connectivity index (χ1n) is 9.10. The van der Waals surface area contributed by atoms with Crippen LogP contribution in [0.25, 0.3) is 10.8 Å². The topological polar surface area (TPSA) is 80.9 Å². The Labute approximate surface area is 150 Å². The lowest BCUT2D eigenvalue weighted by atomic mass is 9.49. The van der Waals surface area contributed by atoms with Crippen molar-refractivity contribution in [3.63, 3.8) is 0 Å². The van der Waals surface area contributed by atoms with Crippen molar-refractivity contribution in [3.8, 4) is 10.8 Å². The van der Waals surface area contributed by atoms with Crippen LogP contribution in [0.15, 0.2) is 4.42 Å². The average molecular weight is 358 g/mol. The van der Waals surface area contributed by atoms with Crippen molar-refractivity contribution >= 4 is 23.3 Å². The number of carbonyl (C=O) groups is 1. The first-order valence-corrected chi connectivity index (χ1v) is 9.92. The van der Waals surface area contributed by atoms with Crippen LogP contribution in [0.1, 0.15) is 49.2 Å². The molecule has 4 aliphatic rings. The van der Waals surface area contributed by atoms with Crippen LogP contribution in [-0.2, 0) is 4.79 Å². The first kappa shape index (κ1) is 15.5. The third-order valence-corrected chi connectivity index (χ3v) is 7.32. The summed E-state index contributed by atoms with van der Waals surface area (Å²) in [7, 11) is 0. The second-order valence-corrected chi connectivity index (χ2v) is 9.41. The van der Waals surface area contributed by atoms with Crippen molar-refractivity contribution < 1.29 is 9.21 Å². The molecule has 0 radical (unpaired) electrons. The summed E-state index contributed by atoms with van der Waals surface area (Å²) >= 11 is 1.53. The molecular formula is C18H22N4O2S. The second kappa shape index (κ2) is 5.37. The predicted octanol–water partition coefficient (Wildman–Crippen LogP) is 3.96. The molecule has 4 saturated carbocycles. The summed E-state index contributed by atoms with van der Waals surface area (Å²) in [6.45, 7) is 3.88. The molecule has 4 fully saturated rings. The predicted molar refractivity (Wildman–Crippen MR) is 94.1 cm³/mol. The number of aromatic nitrogens is 3. The lowest BCUT2D eigenvalue weighted by Crippen LogP contribution is -2.51. The van der Waals surface area contributed by atoms with Gasteiger partial charge in [0.1, 0.15) is 4.88 Å². The van der Waals surface area contributed by atoms with Gasteiger partial charge in [-0.1, -0.05) is 5.10 Å². The molecule has 1 N–H and O–H groups in total. The van der Waals surface area contributed by atoms with Crippen molar-refractivity contribution in [1.82, 2.24) is 15.2 Å². The van der Waals surface area contributed by atoms with E-state index in [-0.39, 0.29) is 17.3 Å². The maximum Gasteiger partial charge on any atom is 0.322 e. The summed E-state index contributed by atoms with van der Waals surface area (Å²) in [6.07, 6.45) is 7.04. The van der Waals surface area contributed by atoms with Gasteiger partial charge in [0.05, 0.1) is 16.1 Å². The zero-order chi connectivity index (χ0) is 17.2. The maximum absolute atomic E-state index is 13.0. The number of hydrogen-bond acceptors (Lipinski definition) is 6. The molecule has 0 atom stereocenters. The monoisotopic (exact) mass is 358 g/mol. The number of amides is 1. The van der Waals surface area contributed by atoms with Gasteiger partial charge in [0.2, 0.25) is 5.91 Å². The van der Waals surface area contributed by atoms with E-state index in [1.165, 1.54) is 30.6 Å². The Hall–Kier alpha value is -1.76. The fourth-order valence-electron chi connectivity index (χ4n) is 5.71. The van der Waals surface area contributed by atoms with Crippen LogP contribution in [0.3, 0.4) is 0 Å². The molecule has 0 unspecified atom stereocenters. The maximum atomic E-state index is 13.0. The average Bonchev–Trinajstić information content (AvgIpc) is 3.12. The number of hydrogen-bond donors (Lipinski definition) is 1. The summed E-state index contributed by atoms with van der Waals surface area (Å²) in [5.41, 5.74) is 0.672. The summed E-state index contributed by atoms with van der Waals surface area (Å²) in [4.78, 5) is 18.3. The molecule has 25 heavy (non-hydrogen) atoms. The van der Waals surface area contributed by atoms with E-state index in [2.05, 4.69) is 20.5 Å². The fourth-order valence-corrected chi connectivity index (χ4v) is 6.55. The van der Waals surface area contributed by atoms with Gasteiger partial charge in [0.15, 0.2) is 0 Å². The van der Waals surface area contributed by atoms with Gasteiger partial charge >= 0.3 is 6.01 Å². The molecule has 0 aromatic carbocycles. The highest BCUT2D eigenvalue weighted by molar-refractivity contribution is 7.15. The molecule has 4 aliphatic carbocycles. The molecule has 0 aliphatic heterocycles. The van der Waals surface area contributed by atoms with E-state index in [1.807, 2.05) is 13.8 Å². The second-order valence-electron chi connectivity index (χ2n) is 8.21. The van der Waals surface area contributed by atoms with Gasteiger partial charge in [-0.3, -0.25) is 10.1 Å². The number of nitrogens with one attached hydrogen (secondary N) is 1. The lowest BCUT2D eigenvalue weighted by molar-refractivity contribution is -0.140. The third-order valence-electron chi connectivity index (χ3n) is 6.26. The zero-order valence-corrected chi connectivity index (χ0v) is 15.4. The molecule has 132 valence electrons. The molecule has 2 aromatic heterocycles. The van der Waals surface area contributed by atoms with Gasteiger partial charge in [-0.25, -0.2) is 4.98 Å². The van der Waals surface area contributed by atoms with Gasteiger partial charge in [-0.2, -0.15) is 0 Å². The molecular weight excluding hydrogens is 336 g/mol. The van der Waals surface area contributed by atoms with Crippen LogP contribution in [0.4, 0.5) is 6.01 Å². The Bertz CT molecular complexity index is 805. The van der Waals surface area contributed by atoms with Crippen molar-refractivity contribution in [1.29, 1.82) is 0 Å². The smallest absolute Gasteiger partial charge is 0.322 e. The molecule has 4 bridgehead atoms. The summed E-state index contributed by atoms with van der Waals surface area (Å²) in [5, 5.41) is 12.0. The SMILES string of the molecule is Cc1nc(C)c(-c2nnc(NC(=O)C34CC5CC(CC(C5)C3)C4)o2)s1. The quantitative estimate of drug-likeness (QED) is 0.898. The number of rotatable bonds is 3. The summed E-state index contributed by atoms with van der Waals surface area (Å²) in [5.74, 6) is 2.72. The molecule has 6 rings (SSSR count). The van der Waals surface area contributed by atoms with E-state index in [0.717, 1.165) is 52.6 Å². The van der Waals surface area contributed by atoms with Crippen LogP contribution in [0, 0.1) is 37.0 Å². The van der Waals surface area contributed by atoms with Gasteiger partial charge in [-0.05, 0) is 70.1 Å². The van der Waals surface area contributed by atoms with Crippen LogP contribution < -0.4 is 5.32 Å². The van der Waals surface area contributed by atoms with E-state index >= 15 is 0 Å². The minimum absolute atomic E-state index is 0.0824. The van der Waals surface area contributed by atoms with E-state index in [1.54, 1.807) is 0 Å². The lowest BCUT2D eigenvalue weighted by Gasteiger charge is -2.55. The van der Waals surface area contributed by atoms with Crippen molar-refractivity contribution in [3.05, 3.63) is 10.7 Å². The van der Waals surface area contributed by atoms with Gasteiger partial charge < -0.3 is 4.42 Å². The minimum atomic E-state index is -0.208. The highest BCUT2D eigenvalue weighted by Gasteiger charge is 2.54. The third kappa shape index (κ3) is 2.51. The molecule has 1 amide bonds. The van der Waals surface area contributed by atoms with E-state index in [0.29, 0.717) is 5.89 Å². The van der Waals surface area contributed by atoms with Gasteiger partial charge in [0, 0.05) is 0 Å². The van der Waals surface area contributed by atoms with Gasteiger partial charge in [0.25, 0.3) is 5.89 Å². The van der Waals surface area contributed by atoms with Crippen molar-refractivity contribution in [2.75, 3.05) is 5.32 Å². The Balaban J connectivity index is 1.36. The Morgan fingerprint density at radius 1 is 1.12 bits per heavy atom. The molecule has 2 aromatic rings. The van der Waals surface area contributed by atoms with Crippen molar-refractivity contribution in [2.24, 2.45) is 23.2 Å². The molecule has 6 nitrogen and oxygen atoms in total. The van der Waals surface area contributed by atoms with E-state index < -0.39 is 0 Å². The zero-order valence-electron chi connectivity index (χ0n) is 14.5. The molecule has 7 heteroatoms. The number of anilines is 1. The van der Waals surface area contributed by atoms with E-state index in [4.69, 9.17) is 4.42 Å². The molecule has 2 heterocycles. The number of carbonyl (C=O) groups excluding carboxylic acids is 1.